The van der Waals surface area contributed by atoms with Gasteiger partial charge >= 0.3 is 5.97 Å². The van der Waals surface area contributed by atoms with Gasteiger partial charge < -0.3 is 19.5 Å². The van der Waals surface area contributed by atoms with Crippen molar-refractivity contribution < 1.29 is 27.2 Å². The molecule has 2 N–H and O–H groups in total. The maximum absolute atomic E-state index is 13.1. The fraction of sp³-hybridized carbons (Fsp3) is 0.333. The summed E-state index contributed by atoms with van der Waals surface area (Å²) in [6, 6.07) is 9.02. The van der Waals surface area contributed by atoms with Gasteiger partial charge in [0.25, 0.3) is 10.0 Å². The molecule has 0 radical (unpaired) electrons. The van der Waals surface area contributed by atoms with Crippen LogP contribution in [0.5, 0.6) is 0 Å². The first-order valence-corrected chi connectivity index (χ1v) is 11.4. The lowest BCUT2D eigenvalue weighted by Gasteiger charge is -2.22. The molecule has 4 rings (SSSR count). The van der Waals surface area contributed by atoms with E-state index >= 15 is 0 Å². The number of ether oxygens (including phenoxy) is 1. The normalized spacial score (nSPS) is 17.2. The Balaban J connectivity index is 1.53. The molecule has 164 valence electrons. The SMILES string of the molecule is CCOC(=O)c1ccc(S(=O)(=O)N2CCC[C@@H]2C(=O)Nc2ccc3[nH]c(C)cc3c2)o1. The third-order valence-electron chi connectivity index (χ3n) is 5.15. The summed E-state index contributed by atoms with van der Waals surface area (Å²) in [4.78, 5) is 27.9. The number of fused-ring (bicyclic) bond motifs is 1. The smallest absolute Gasteiger partial charge is 0.374 e. The van der Waals surface area contributed by atoms with E-state index in [0.29, 0.717) is 18.5 Å². The first-order chi connectivity index (χ1) is 14.8. The van der Waals surface area contributed by atoms with Crippen molar-refractivity contribution >= 4 is 38.5 Å². The van der Waals surface area contributed by atoms with Crippen molar-refractivity contribution in [3.63, 3.8) is 0 Å². The number of amides is 1. The highest BCUT2D eigenvalue weighted by Gasteiger charge is 2.41. The Morgan fingerprint density at radius 2 is 2.06 bits per heavy atom. The number of aromatic amines is 1. The summed E-state index contributed by atoms with van der Waals surface area (Å²) in [5.74, 6) is -1.35. The molecule has 3 aromatic rings. The zero-order valence-corrected chi connectivity index (χ0v) is 18.0. The molecule has 1 saturated heterocycles. The maximum Gasteiger partial charge on any atom is 0.374 e. The molecule has 2 aromatic heterocycles. The molecule has 1 aromatic carbocycles. The highest BCUT2D eigenvalue weighted by molar-refractivity contribution is 7.89. The van der Waals surface area contributed by atoms with E-state index < -0.39 is 27.9 Å². The number of carbonyl (C=O) groups excluding carboxylic acids is 2. The number of sulfonamides is 1. The fourth-order valence-electron chi connectivity index (χ4n) is 3.76. The number of aromatic nitrogens is 1. The molecular formula is C21H23N3O6S. The van der Waals surface area contributed by atoms with Crippen molar-refractivity contribution in [1.29, 1.82) is 0 Å². The van der Waals surface area contributed by atoms with Crippen LogP contribution in [0.15, 0.2) is 45.9 Å². The third kappa shape index (κ3) is 4.08. The van der Waals surface area contributed by atoms with Crippen LogP contribution >= 0.6 is 0 Å². The predicted octanol–water partition coefficient (Wildman–Crippen LogP) is 3.04. The summed E-state index contributed by atoms with van der Waals surface area (Å²) in [7, 11) is -4.09. The molecule has 10 heteroatoms. The Bertz CT molecular complexity index is 1240. The van der Waals surface area contributed by atoms with Crippen molar-refractivity contribution in [3.8, 4) is 0 Å². The van der Waals surface area contributed by atoms with Crippen LogP contribution in [-0.2, 0) is 19.6 Å². The lowest BCUT2D eigenvalue weighted by atomic mass is 10.2. The molecule has 1 atom stereocenters. The first kappa shape index (κ1) is 21.1. The highest BCUT2D eigenvalue weighted by Crippen LogP contribution is 2.29. The van der Waals surface area contributed by atoms with Gasteiger partial charge in [-0.25, -0.2) is 13.2 Å². The van der Waals surface area contributed by atoms with Gasteiger partial charge in [-0.3, -0.25) is 4.79 Å². The molecular weight excluding hydrogens is 422 g/mol. The topological polar surface area (TPSA) is 122 Å². The molecule has 1 fully saturated rings. The van der Waals surface area contributed by atoms with Gasteiger partial charge in [0.2, 0.25) is 16.8 Å². The van der Waals surface area contributed by atoms with Gasteiger partial charge in [-0.05, 0) is 63.1 Å². The van der Waals surface area contributed by atoms with Crippen molar-refractivity contribution in [3.05, 3.63) is 47.9 Å². The minimum absolute atomic E-state index is 0.143. The molecule has 1 aliphatic heterocycles. The Morgan fingerprint density at radius 3 is 2.84 bits per heavy atom. The summed E-state index contributed by atoms with van der Waals surface area (Å²) >= 11 is 0. The second kappa shape index (κ2) is 8.20. The van der Waals surface area contributed by atoms with Gasteiger partial charge in [0.05, 0.1) is 6.61 Å². The zero-order valence-electron chi connectivity index (χ0n) is 17.2. The summed E-state index contributed by atoms with van der Waals surface area (Å²) < 4.78 is 37.3. The molecule has 0 bridgehead atoms. The zero-order chi connectivity index (χ0) is 22.2. The van der Waals surface area contributed by atoms with Gasteiger partial charge in [0, 0.05) is 28.8 Å². The number of anilines is 1. The lowest BCUT2D eigenvalue weighted by Crippen LogP contribution is -2.43. The third-order valence-corrected chi connectivity index (χ3v) is 6.93. The van der Waals surface area contributed by atoms with Crippen LogP contribution in [0.2, 0.25) is 0 Å². The van der Waals surface area contributed by atoms with E-state index in [0.717, 1.165) is 20.9 Å². The molecule has 0 aliphatic carbocycles. The van der Waals surface area contributed by atoms with E-state index in [2.05, 4.69) is 10.3 Å². The number of esters is 1. The number of hydrogen-bond donors (Lipinski definition) is 2. The van der Waals surface area contributed by atoms with Crippen molar-refractivity contribution in [2.45, 2.75) is 37.8 Å². The number of rotatable bonds is 6. The number of hydrogen-bond acceptors (Lipinski definition) is 6. The van der Waals surface area contributed by atoms with E-state index in [1.54, 1.807) is 13.0 Å². The molecule has 0 spiro atoms. The minimum Gasteiger partial charge on any atom is -0.460 e. The number of furan rings is 1. The molecule has 0 saturated carbocycles. The molecule has 0 unspecified atom stereocenters. The second-order valence-corrected chi connectivity index (χ2v) is 9.18. The van der Waals surface area contributed by atoms with Crippen LogP contribution in [-0.4, -0.2) is 48.8 Å². The molecule has 31 heavy (non-hydrogen) atoms. The summed E-state index contributed by atoms with van der Waals surface area (Å²) in [5, 5.41) is 3.38. The van der Waals surface area contributed by atoms with Crippen molar-refractivity contribution in [1.82, 2.24) is 9.29 Å². The first-order valence-electron chi connectivity index (χ1n) is 9.98. The fourth-order valence-corrected chi connectivity index (χ4v) is 5.33. The number of carbonyl (C=O) groups is 2. The molecule has 3 heterocycles. The van der Waals surface area contributed by atoms with E-state index in [9.17, 15) is 18.0 Å². The van der Waals surface area contributed by atoms with Gasteiger partial charge in [0.15, 0.2) is 0 Å². The van der Waals surface area contributed by atoms with Crippen molar-refractivity contribution in [2.75, 3.05) is 18.5 Å². The summed E-state index contributed by atoms with van der Waals surface area (Å²) in [6.07, 6.45) is 0.931. The Morgan fingerprint density at radius 1 is 1.26 bits per heavy atom. The average molecular weight is 445 g/mol. The second-order valence-electron chi connectivity index (χ2n) is 7.36. The minimum atomic E-state index is -4.09. The summed E-state index contributed by atoms with van der Waals surface area (Å²) in [6.45, 7) is 3.92. The average Bonchev–Trinajstić information content (AvgIpc) is 3.46. The Labute approximate surface area is 179 Å². The van der Waals surface area contributed by atoms with Gasteiger partial charge in [-0.2, -0.15) is 4.31 Å². The Hall–Kier alpha value is -3.11. The van der Waals surface area contributed by atoms with Gasteiger partial charge in [0.1, 0.15) is 6.04 Å². The monoisotopic (exact) mass is 445 g/mol. The number of aryl methyl sites for hydroxylation is 1. The molecule has 9 nitrogen and oxygen atoms in total. The number of H-pyrrole nitrogens is 1. The van der Waals surface area contributed by atoms with Crippen LogP contribution in [0.25, 0.3) is 10.9 Å². The van der Waals surface area contributed by atoms with Crippen LogP contribution in [0, 0.1) is 6.92 Å². The van der Waals surface area contributed by atoms with Crippen LogP contribution < -0.4 is 5.32 Å². The predicted molar refractivity (Wildman–Crippen MR) is 113 cm³/mol. The largest absolute Gasteiger partial charge is 0.460 e. The van der Waals surface area contributed by atoms with E-state index in [-0.39, 0.29) is 24.0 Å². The number of nitrogens with one attached hydrogen (secondary N) is 2. The van der Waals surface area contributed by atoms with Crippen LogP contribution in [0.4, 0.5) is 5.69 Å². The van der Waals surface area contributed by atoms with E-state index in [1.165, 1.54) is 12.1 Å². The standard InChI is InChI=1S/C21H23N3O6S/c1-3-29-21(26)18-8-9-19(30-18)31(27,28)24-10-4-5-17(24)20(25)23-15-6-7-16-14(12-15)11-13(2)22-16/h6-9,11-12,17,22H,3-5,10H2,1-2H3,(H,23,25)/t17-/m1/s1. The Kier molecular flexibility index (Phi) is 5.59. The van der Waals surface area contributed by atoms with Crippen molar-refractivity contribution in [2.24, 2.45) is 0 Å². The lowest BCUT2D eigenvalue weighted by molar-refractivity contribution is -0.119. The summed E-state index contributed by atoms with van der Waals surface area (Å²) in [5.41, 5.74) is 2.55. The van der Waals surface area contributed by atoms with Gasteiger partial charge in [-0.15, -0.1) is 0 Å². The maximum atomic E-state index is 13.1. The van der Waals surface area contributed by atoms with E-state index in [4.69, 9.17) is 9.15 Å². The highest BCUT2D eigenvalue weighted by atomic mass is 32.2. The number of nitrogens with zero attached hydrogens (tertiary/aromatic N) is 1. The van der Waals surface area contributed by atoms with Crippen LogP contribution in [0.3, 0.4) is 0 Å². The molecule has 1 aliphatic rings. The van der Waals surface area contributed by atoms with Crippen LogP contribution in [0.1, 0.15) is 36.0 Å². The molecule has 1 amide bonds. The van der Waals surface area contributed by atoms with E-state index in [1.807, 2.05) is 25.1 Å². The number of benzene rings is 1. The quantitative estimate of drug-likeness (QED) is 0.563. The van der Waals surface area contributed by atoms with Gasteiger partial charge in [-0.1, -0.05) is 0 Å².